The molecule has 9 heteroatoms. The average Bonchev–Trinajstić information content (AvgIpc) is 2.78. The first-order chi connectivity index (χ1) is 15.8. The molecule has 1 aromatic rings. The third-order valence-electron chi connectivity index (χ3n) is 5.42. The minimum atomic E-state index is -1.10. The van der Waals surface area contributed by atoms with Crippen molar-refractivity contribution in [3.63, 3.8) is 0 Å². The standard InChI is InChI=1S/C25H39N3O6/c1-16(2)19(29)12-13-21(31)26-15-20(30)18(14-17-10-8-7-9-11-17)27-23(32)22(25(3,4)5)28-24(33)34-6/h7-11,16,18,20,22,30H,12-15H2,1-6H3,(H,26,31)(H,27,32)(H,28,33)/t18-,20-,22?/m0/s1. The molecule has 0 bridgehead atoms. The molecule has 3 atom stereocenters. The number of Topliss-reactive ketones (excluding diaryl/α,β-unsaturated/α-hetero) is 1. The minimum Gasteiger partial charge on any atom is -0.453 e. The number of ketones is 1. The lowest BCUT2D eigenvalue weighted by Crippen LogP contribution is -2.58. The summed E-state index contributed by atoms with van der Waals surface area (Å²) in [6, 6.07) is 7.66. The summed E-state index contributed by atoms with van der Waals surface area (Å²) in [6.07, 6.45) is -1.36. The highest BCUT2D eigenvalue weighted by molar-refractivity contribution is 5.87. The molecule has 0 fully saturated rings. The van der Waals surface area contributed by atoms with Crippen LogP contribution in [0, 0.1) is 11.3 Å². The maximum atomic E-state index is 13.1. The highest BCUT2D eigenvalue weighted by Crippen LogP contribution is 2.20. The Labute approximate surface area is 202 Å². The molecule has 0 aliphatic carbocycles. The van der Waals surface area contributed by atoms with Gasteiger partial charge in [0, 0.05) is 25.3 Å². The van der Waals surface area contributed by atoms with E-state index in [1.807, 2.05) is 30.3 Å². The van der Waals surface area contributed by atoms with Gasteiger partial charge in [-0.05, 0) is 17.4 Å². The molecule has 0 radical (unpaired) electrons. The van der Waals surface area contributed by atoms with Gasteiger partial charge in [0.15, 0.2) is 0 Å². The summed E-state index contributed by atoms with van der Waals surface area (Å²) < 4.78 is 4.64. The van der Waals surface area contributed by atoms with Gasteiger partial charge in [0.2, 0.25) is 11.8 Å². The lowest BCUT2D eigenvalue weighted by atomic mass is 9.85. The van der Waals surface area contributed by atoms with Crippen LogP contribution in [0.1, 0.15) is 53.0 Å². The Morgan fingerprint density at radius 3 is 2.15 bits per heavy atom. The molecule has 34 heavy (non-hydrogen) atoms. The van der Waals surface area contributed by atoms with E-state index in [1.165, 1.54) is 7.11 Å². The molecular weight excluding hydrogens is 438 g/mol. The van der Waals surface area contributed by atoms with Crippen molar-refractivity contribution >= 4 is 23.7 Å². The van der Waals surface area contributed by atoms with E-state index in [0.717, 1.165) is 5.56 Å². The molecule has 4 N–H and O–H groups in total. The fourth-order valence-corrected chi connectivity index (χ4v) is 3.24. The lowest BCUT2D eigenvalue weighted by Gasteiger charge is -2.32. The molecule has 0 spiro atoms. The summed E-state index contributed by atoms with van der Waals surface area (Å²) in [5.74, 6) is -0.973. The molecule has 190 valence electrons. The number of benzene rings is 1. The van der Waals surface area contributed by atoms with Gasteiger partial charge in [-0.1, -0.05) is 65.0 Å². The topological polar surface area (TPSA) is 134 Å². The van der Waals surface area contributed by atoms with E-state index in [-0.39, 0.29) is 37.0 Å². The van der Waals surface area contributed by atoms with Crippen LogP contribution in [-0.4, -0.2) is 60.6 Å². The Kier molecular flexibility index (Phi) is 11.7. The van der Waals surface area contributed by atoms with Crippen molar-refractivity contribution in [2.24, 2.45) is 11.3 Å². The maximum absolute atomic E-state index is 13.1. The summed E-state index contributed by atoms with van der Waals surface area (Å²) in [5.41, 5.74) is 0.256. The van der Waals surface area contributed by atoms with Gasteiger partial charge in [-0.3, -0.25) is 14.4 Å². The van der Waals surface area contributed by atoms with Gasteiger partial charge < -0.3 is 25.8 Å². The summed E-state index contributed by atoms with van der Waals surface area (Å²) in [5, 5.41) is 18.8. The van der Waals surface area contributed by atoms with Gasteiger partial charge in [0.05, 0.1) is 19.3 Å². The second-order valence-corrected chi connectivity index (χ2v) is 9.73. The number of amides is 3. The second kappa shape index (κ2) is 13.7. The van der Waals surface area contributed by atoms with Crippen LogP contribution in [0.4, 0.5) is 4.79 Å². The fourth-order valence-electron chi connectivity index (χ4n) is 3.24. The molecule has 1 unspecified atom stereocenters. The molecular formula is C25H39N3O6. The van der Waals surface area contributed by atoms with Crippen molar-refractivity contribution in [2.45, 2.75) is 72.1 Å². The van der Waals surface area contributed by atoms with E-state index in [9.17, 15) is 24.3 Å². The molecule has 9 nitrogen and oxygen atoms in total. The second-order valence-electron chi connectivity index (χ2n) is 9.73. The third kappa shape index (κ3) is 10.3. The zero-order valence-electron chi connectivity index (χ0n) is 21.0. The van der Waals surface area contributed by atoms with Crippen LogP contribution in [0.5, 0.6) is 0 Å². The molecule has 1 aromatic carbocycles. The zero-order chi connectivity index (χ0) is 25.9. The molecule has 0 aliphatic rings. The fraction of sp³-hybridized carbons (Fsp3) is 0.600. The molecule has 3 amide bonds. The smallest absolute Gasteiger partial charge is 0.407 e. The summed E-state index contributed by atoms with van der Waals surface area (Å²) >= 11 is 0. The highest BCUT2D eigenvalue weighted by Gasteiger charge is 2.35. The molecule has 0 aliphatic heterocycles. The summed E-state index contributed by atoms with van der Waals surface area (Å²) in [6.45, 7) is 8.86. The summed E-state index contributed by atoms with van der Waals surface area (Å²) in [4.78, 5) is 48.8. The quantitative estimate of drug-likeness (QED) is 0.364. The Morgan fingerprint density at radius 2 is 1.62 bits per heavy atom. The van der Waals surface area contributed by atoms with Gasteiger partial charge in [0.25, 0.3) is 0 Å². The Balaban J connectivity index is 2.91. The highest BCUT2D eigenvalue weighted by atomic mass is 16.5. The number of carbonyl (C=O) groups excluding carboxylic acids is 4. The number of aliphatic hydroxyl groups is 1. The maximum Gasteiger partial charge on any atom is 0.407 e. The van der Waals surface area contributed by atoms with Crippen molar-refractivity contribution in [1.82, 2.24) is 16.0 Å². The normalized spacial score (nSPS) is 14.0. The first kappa shape index (κ1) is 29.1. The predicted octanol–water partition coefficient (Wildman–Crippen LogP) is 1.97. The van der Waals surface area contributed by atoms with Crippen LogP contribution in [0.2, 0.25) is 0 Å². The summed E-state index contributed by atoms with van der Waals surface area (Å²) in [7, 11) is 1.21. The van der Waals surface area contributed by atoms with Crippen molar-refractivity contribution in [3.8, 4) is 0 Å². The van der Waals surface area contributed by atoms with Crippen LogP contribution in [0.25, 0.3) is 0 Å². The van der Waals surface area contributed by atoms with E-state index in [2.05, 4.69) is 20.7 Å². The number of alkyl carbamates (subject to hydrolysis) is 1. The average molecular weight is 478 g/mol. The van der Waals surface area contributed by atoms with Crippen molar-refractivity contribution < 1.29 is 29.0 Å². The largest absolute Gasteiger partial charge is 0.453 e. The van der Waals surface area contributed by atoms with Gasteiger partial charge >= 0.3 is 6.09 Å². The molecule has 0 saturated heterocycles. The third-order valence-corrected chi connectivity index (χ3v) is 5.42. The van der Waals surface area contributed by atoms with E-state index >= 15 is 0 Å². The predicted molar refractivity (Wildman–Crippen MR) is 129 cm³/mol. The Morgan fingerprint density at radius 1 is 1.00 bits per heavy atom. The first-order valence-electron chi connectivity index (χ1n) is 11.5. The molecule has 1 rings (SSSR count). The van der Waals surface area contributed by atoms with Gasteiger partial charge in [0.1, 0.15) is 11.8 Å². The number of methoxy groups -OCH3 is 1. The molecule has 0 aromatic heterocycles. The van der Waals surface area contributed by atoms with Gasteiger partial charge in [-0.2, -0.15) is 0 Å². The monoisotopic (exact) mass is 477 g/mol. The lowest BCUT2D eigenvalue weighted by molar-refractivity contribution is -0.127. The number of carbonyl (C=O) groups is 4. The van der Waals surface area contributed by atoms with Crippen LogP contribution < -0.4 is 16.0 Å². The molecule has 0 heterocycles. The van der Waals surface area contributed by atoms with Crippen molar-refractivity contribution in [1.29, 1.82) is 0 Å². The van der Waals surface area contributed by atoms with Crippen LogP contribution in [0.3, 0.4) is 0 Å². The first-order valence-corrected chi connectivity index (χ1v) is 11.5. The number of rotatable bonds is 12. The number of ether oxygens (including phenoxy) is 1. The van der Waals surface area contributed by atoms with E-state index < -0.39 is 35.6 Å². The van der Waals surface area contributed by atoms with Crippen LogP contribution >= 0.6 is 0 Å². The van der Waals surface area contributed by atoms with E-state index in [0.29, 0.717) is 6.42 Å². The number of hydrogen-bond donors (Lipinski definition) is 4. The van der Waals surface area contributed by atoms with Crippen LogP contribution in [0.15, 0.2) is 30.3 Å². The van der Waals surface area contributed by atoms with Crippen molar-refractivity contribution in [3.05, 3.63) is 35.9 Å². The van der Waals surface area contributed by atoms with Gasteiger partial charge in [-0.25, -0.2) is 4.79 Å². The Hall–Kier alpha value is -2.94. The van der Waals surface area contributed by atoms with E-state index in [1.54, 1.807) is 34.6 Å². The SMILES string of the molecule is COC(=O)NC(C(=O)N[C@@H](Cc1ccccc1)[C@@H](O)CNC(=O)CCC(=O)C(C)C)C(C)(C)C. The zero-order valence-corrected chi connectivity index (χ0v) is 21.0. The van der Waals surface area contributed by atoms with E-state index in [4.69, 9.17) is 0 Å². The molecule has 0 saturated carbocycles. The Bertz CT molecular complexity index is 820. The minimum absolute atomic E-state index is 0.00348. The van der Waals surface area contributed by atoms with Crippen molar-refractivity contribution in [2.75, 3.05) is 13.7 Å². The van der Waals surface area contributed by atoms with Crippen LogP contribution in [-0.2, 0) is 25.5 Å². The van der Waals surface area contributed by atoms with Gasteiger partial charge in [-0.15, -0.1) is 0 Å². The number of aliphatic hydroxyl groups excluding tert-OH is 1. The number of nitrogens with one attached hydrogen (secondary N) is 3. The number of hydrogen-bond acceptors (Lipinski definition) is 6.